The minimum atomic E-state index is -5.08. The molecule has 5 rings (SSSR count). The molecule has 35 heavy (non-hydrogen) atoms. The fraction of sp³-hybridized carbons (Fsp3) is 0.360. The van der Waals surface area contributed by atoms with Crippen LogP contribution in [0.4, 0.5) is 17.6 Å². The molecule has 3 aromatic rings. The van der Waals surface area contributed by atoms with Crippen molar-refractivity contribution in [2.24, 2.45) is 11.8 Å². The molecule has 0 saturated carbocycles. The molecule has 6 nitrogen and oxygen atoms in total. The van der Waals surface area contributed by atoms with E-state index in [2.05, 4.69) is 21.6 Å². The van der Waals surface area contributed by atoms with Gasteiger partial charge in [0, 0.05) is 38.2 Å². The second-order valence-corrected chi connectivity index (χ2v) is 8.75. The first-order valence-corrected chi connectivity index (χ1v) is 11.1. The van der Waals surface area contributed by atoms with Crippen molar-refractivity contribution in [1.82, 2.24) is 14.5 Å². The average molecular weight is 491 g/mol. The highest BCUT2D eigenvalue weighted by atomic mass is 19.4. The molecule has 0 spiro atoms. The maximum Gasteiger partial charge on any atom is 0.490 e. The summed E-state index contributed by atoms with van der Waals surface area (Å²) in [6, 6.07) is 15.2. The molecule has 1 N–H and O–H groups in total. The second-order valence-electron chi connectivity index (χ2n) is 8.75. The smallest absolute Gasteiger partial charge is 0.490 e. The Hall–Kier alpha value is -3.40. The van der Waals surface area contributed by atoms with Gasteiger partial charge in [-0.2, -0.15) is 13.2 Å². The van der Waals surface area contributed by atoms with E-state index < -0.39 is 12.1 Å². The van der Waals surface area contributed by atoms with E-state index in [1.165, 1.54) is 23.1 Å². The summed E-state index contributed by atoms with van der Waals surface area (Å²) < 4.78 is 52.9. The number of rotatable bonds is 4. The number of fused-ring (bicyclic) bond motifs is 2. The van der Waals surface area contributed by atoms with Gasteiger partial charge in [-0.3, -0.25) is 4.90 Å². The van der Waals surface area contributed by atoms with Gasteiger partial charge in [-0.05, 0) is 53.8 Å². The molecule has 0 aliphatic carbocycles. The number of halogens is 4. The maximum atomic E-state index is 13.5. The summed E-state index contributed by atoms with van der Waals surface area (Å²) in [4.78, 5) is 16.1. The van der Waals surface area contributed by atoms with Crippen molar-refractivity contribution in [3.8, 4) is 17.0 Å². The average Bonchev–Trinajstić information content (AvgIpc) is 3.40. The van der Waals surface area contributed by atoms with Crippen LogP contribution in [-0.4, -0.2) is 51.9 Å². The van der Waals surface area contributed by atoms with E-state index in [1.807, 2.05) is 24.4 Å². The first-order valence-electron chi connectivity index (χ1n) is 11.1. The molecule has 2 aliphatic heterocycles. The Kier molecular flexibility index (Phi) is 7.11. The molecular formula is C25H25F4N3O3. The number of nitrogens with zero attached hydrogens (tertiary/aromatic N) is 3. The van der Waals surface area contributed by atoms with Crippen molar-refractivity contribution in [3.63, 3.8) is 0 Å². The molecule has 2 aliphatic rings. The number of hydrogen-bond donors (Lipinski definition) is 1. The van der Waals surface area contributed by atoms with Crippen LogP contribution in [0.2, 0.25) is 0 Å². The van der Waals surface area contributed by atoms with Crippen LogP contribution in [0.3, 0.4) is 0 Å². The van der Waals surface area contributed by atoms with Gasteiger partial charge in [0.15, 0.2) is 0 Å². The number of methoxy groups -OCH3 is 1. The van der Waals surface area contributed by atoms with Crippen molar-refractivity contribution in [3.05, 3.63) is 71.9 Å². The lowest BCUT2D eigenvalue weighted by atomic mass is 9.89. The van der Waals surface area contributed by atoms with E-state index >= 15 is 0 Å². The minimum absolute atomic E-state index is 0.154. The highest BCUT2D eigenvalue weighted by Gasteiger charge is 2.39. The molecule has 1 fully saturated rings. The molecule has 2 aromatic carbocycles. The SMILES string of the molecule is COc1ccc(-c2cnc3n2CC2CN(Cc4cccc(F)c4)CC2C3)cc1.O=C(O)C(F)(F)F. The molecule has 186 valence electrons. The van der Waals surface area contributed by atoms with Gasteiger partial charge in [0.25, 0.3) is 0 Å². The van der Waals surface area contributed by atoms with Crippen LogP contribution >= 0.6 is 0 Å². The zero-order valence-corrected chi connectivity index (χ0v) is 19.0. The van der Waals surface area contributed by atoms with Gasteiger partial charge in [-0.25, -0.2) is 14.2 Å². The van der Waals surface area contributed by atoms with Crippen molar-refractivity contribution in [2.45, 2.75) is 25.7 Å². The number of imidazole rings is 1. The Bertz CT molecular complexity index is 1180. The van der Waals surface area contributed by atoms with Gasteiger partial charge in [0.2, 0.25) is 0 Å². The van der Waals surface area contributed by atoms with E-state index in [4.69, 9.17) is 19.6 Å². The number of carbonyl (C=O) groups is 1. The maximum absolute atomic E-state index is 13.5. The summed E-state index contributed by atoms with van der Waals surface area (Å²) in [5.41, 5.74) is 3.41. The summed E-state index contributed by atoms with van der Waals surface area (Å²) >= 11 is 0. The Morgan fingerprint density at radius 3 is 2.43 bits per heavy atom. The normalized spacial score (nSPS) is 19.3. The molecular weight excluding hydrogens is 466 g/mol. The summed E-state index contributed by atoms with van der Waals surface area (Å²) in [7, 11) is 1.69. The van der Waals surface area contributed by atoms with Gasteiger partial charge in [0.05, 0.1) is 19.0 Å². The summed E-state index contributed by atoms with van der Waals surface area (Å²) in [6.07, 6.45) is -2.07. The van der Waals surface area contributed by atoms with Crippen molar-refractivity contribution >= 4 is 5.97 Å². The molecule has 2 atom stereocenters. The fourth-order valence-electron chi connectivity index (χ4n) is 4.74. The van der Waals surface area contributed by atoms with Crippen molar-refractivity contribution in [2.75, 3.05) is 20.2 Å². The molecule has 1 saturated heterocycles. The first kappa shape index (κ1) is 24.7. The number of carboxylic acid groups (broad SMARTS) is 1. The zero-order valence-electron chi connectivity index (χ0n) is 19.0. The monoisotopic (exact) mass is 491 g/mol. The zero-order chi connectivity index (χ0) is 25.2. The molecule has 2 unspecified atom stereocenters. The Morgan fingerprint density at radius 2 is 1.80 bits per heavy atom. The standard InChI is InChI=1S/C23H24FN3O.C2HF3O2/c1-28-21-7-5-17(6-8-21)22-11-25-23-10-18-13-26(14-19(18)15-27(22)23)12-16-3-2-4-20(24)9-16;3-2(4,5)1(6)7/h2-9,11,18-19H,10,12-15H2,1H3;(H,6,7). The number of carboxylic acids is 1. The van der Waals surface area contributed by atoms with Gasteiger partial charge < -0.3 is 14.4 Å². The predicted molar refractivity (Wildman–Crippen MR) is 120 cm³/mol. The van der Waals surface area contributed by atoms with Gasteiger partial charge in [-0.15, -0.1) is 0 Å². The molecule has 0 amide bonds. The van der Waals surface area contributed by atoms with E-state index in [0.717, 1.165) is 43.9 Å². The number of aromatic nitrogens is 2. The number of ether oxygens (including phenoxy) is 1. The van der Waals surface area contributed by atoms with Crippen LogP contribution in [0.25, 0.3) is 11.3 Å². The van der Waals surface area contributed by atoms with E-state index in [-0.39, 0.29) is 5.82 Å². The molecule has 10 heteroatoms. The Balaban J connectivity index is 0.000000364. The topological polar surface area (TPSA) is 67.6 Å². The molecule has 0 bridgehead atoms. The van der Waals surface area contributed by atoms with Gasteiger partial charge in [-0.1, -0.05) is 12.1 Å². The summed E-state index contributed by atoms with van der Waals surface area (Å²) in [6.45, 7) is 3.94. The third-order valence-electron chi connectivity index (χ3n) is 6.38. The van der Waals surface area contributed by atoms with Crippen LogP contribution in [-0.2, 0) is 24.3 Å². The minimum Gasteiger partial charge on any atom is -0.497 e. The second kappa shape index (κ2) is 10.1. The lowest BCUT2D eigenvalue weighted by Crippen LogP contribution is -2.28. The number of hydrogen-bond acceptors (Lipinski definition) is 4. The van der Waals surface area contributed by atoms with Crippen LogP contribution < -0.4 is 4.74 Å². The molecule has 1 aromatic heterocycles. The Morgan fingerprint density at radius 1 is 1.11 bits per heavy atom. The number of alkyl halides is 3. The van der Waals surface area contributed by atoms with Gasteiger partial charge >= 0.3 is 12.1 Å². The summed E-state index contributed by atoms with van der Waals surface area (Å²) in [5.74, 6) is 0.385. The van der Waals surface area contributed by atoms with Crippen LogP contribution in [0, 0.1) is 17.7 Å². The number of aliphatic carboxylic acids is 1. The van der Waals surface area contributed by atoms with Crippen molar-refractivity contribution < 1.29 is 32.2 Å². The highest BCUT2D eigenvalue weighted by molar-refractivity contribution is 5.73. The quantitative estimate of drug-likeness (QED) is 0.539. The van der Waals surface area contributed by atoms with Crippen LogP contribution in [0.15, 0.2) is 54.7 Å². The molecule has 3 heterocycles. The Labute approximate surface area is 199 Å². The highest BCUT2D eigenvalue weighted by Crippen LogP contribution is 2.36. The van der Waals surface area contributed by atoms with Crippen LogP contribution in [0.5, 0.6) is 5.75 Å². The van der Waals surface area contributed by atoms with E-state index in [1.54, 1.807) is 19.2 Å². The fourth-order valence-corrected chi connectivity index (χ4v) is 4.74. The van der Waals surface area contributed by atoms with Gasteiger partial charge in [0.1, 0.15) is 17.4 Å². The number of likely N-dealkylation sites (tertiary alicyclic amines) is 1. The lowest BCUT2D eigenvalue weighted by Gasteiger charge is -2.27. The third-order valence-corrected chi connectivity index (χ3v) is 6.38. The van der Waals surface area contributed by atoms with Crippen LogP contribution in [0.1, 0.15) is 11.4 Å². The lowest BCUT2D eigenvalue weighted by molar-refractivity contribution is -0.192. The first-order chi connectivity index (χ1) is 16.6. The van der Waals surface area contributed by atoms with Crippen molar-refractivity contribution in [1.29, 1.82) is 0 Å². The predicted octanol–water partition coefficient (Wildman–Crippen LogP) is 4.64. The third kappa shape index (κ3) is 5.82. The summed E-state index contributed by atoms with van der Waals surface area (Å²) in [5, 5.41) is 7.12. The van der Waals surface area contributed by atoms with E-state index in [9.17, 15) is 17.6 Å². The molecule has 0 radical (unpaired) electrons. The van der Waals surface area contributed by atoms with E-state index in [0.29, 0.717) is 11.8 Å². The number of benzene rings is 2. The largest absolute Gasteiger partial charge is 0.497 e.